The van der Waals surface area contributed by atoms with Gasteiger partial charge in [-0.2, -0.15) is 0 Å². The van der Waals surface area contributed by atoms with Gasteiger partial charge in [-0.25, -0.2) is 9.78 Å². The summed E-state index contributed by atoms with van der Waals surface area (Å²) < 4.78 is 8.18. The Morgan fingerprint density at radius 1 is 0.925 bits per heavy atom. The van der Waals surface area contributed by atoms with Crippen LogP contribution in [0.3, 0.4) is 0 Å². The number of carboxylic acids is 1. The summed E-state index contributed by atoms with van der Waals surface area (Å²) in [5.41, 5.74) is 6.13. The number of aromatic carboxylic acids is 1. The molecule has 1 aliphatic heterocycles. The van der Waals surface area contributed by atoms with Gasteiger partial charge in [-0.15, -0.1) is 0 Å². The van der Waals surface area contributed by atoms with E-state index in [1.54, 1.807) is 25.1 Å². The summed E-state index contributed by atoms with van der Waals surface area (Å²) in [5.74, 6) is 0.637. The highest BCUT2D eigenvalue weighted by molar-refractivity contribution is 5.89. The van der Waals surface area contributed by atoms with Crippen LogP contribution in [0.4, 0.5) is 0 Å². The second-order valence-electron chi connectivity index (χ2n) is 10.1. The lowest BCUT2D eigenvalue weighted by molar-refractivity contribution is -0.131. The number of fused-ring (bicyclic) bond motifs is 3. The maximum Gasteiger partial charge on any atom is 0.335 e. The van der Waals surface area contributed by atoms with E-state index < -0.39 is 5.97 Å². The Hall–Kier alpha value is -4.91. The Morgan fingerprint density at radius 3 is 2.42 bits per heavy atom. The van der Waals surface area contributed by atoms with Gasteiger partial charge in [-0.1, -0.05) is 42.5 Å². The number of para-hydroxylation sites is 1. The van der Waals surface area contributed by atoms with Crippen molar-refractivity contribution in [1.82, 2.24) is 14.5 Å². The molecule has 0 aliphatic carbocycles. The highest BCUT2D eigenvalue weighted by Gasteiger charge is 2.27. The van der Waals surface area contributed by atoms with Gasteiger partial charge in [0.1, 0.15) is 17.1 Å². The van der Waals surface area contributed by atoms with Crippen LogP contribution >= 0.6 is 0 Å². The maximum absolute atomic E-state index is 13.4. The predicted molar refractivity (Wildman–Crippen MR) is 153 cm³/mol. The molecule has 200 valence electrons. The van der Waals surface area contributed by atoms with Crippen LogP contribution in [0.1, 0.15) is 38.3 Å². The van der Waals surface area contributed by atoms with E-state index >= 15 is 0 Å². The van der Waals surface area contributed by atoms with Crippen molar-refractivity contribution in [1.29, 1.82) is 0 Å². The normalized spacial score (nSPS) is 12.8. The van der Waals surface area contributed by atoms with Crippen LogP contribution < -0.4 is 4.74 Å². The number of carboxylic acid groups (broad SMARTS) is 1. The first kappa shape index (κ1) is 25.4. The number of carbonyl (C=O) groups excluding carboxylic acids is 1. The highest BCUT2D eigenvalue weighted by Crippen LogP contribution is 2.31. The fraction of sp³-hybridized carbons (Fsp3) is 0.182. The largest absolute Gasteiger partial charge is 0.478 e. The van der Waals surface area contributed by atoms with Gasteiger partial charge in [0.15, 0.2) is 0 Å². The van der Waals surface area contributed by atoms with Crippen molar-refractivity contribution >= 4 is 22.9 Å². The van der Waals surface area contributed by atoms with Crippen molar-refractivity contribution in [3.63, 3.8) is 0 Å². The van der Waals surface area contributed by atoms with Crippen molar-refractivity contribution in [2.45, 2.75) is 32.9 Å². The number of aromatic nitrogens is 2. The van der Waals surface area contributed by atoms with Gasteiger partial charge in [-0.05, 0) is 78.1 Å². The van der Waals surface area contributed by atoms with Crippen LogP contribution in [-0.4, -0.2) is 38.0 Å². The third kappa shape index (κ3) is 5.06. The number of carbonyl (C=O) groups is 2. The standard InChI is InChI=1S/C33H29N3O4/c1-22-18-24(11-14-27(22)33(38)39)19-31(37)35-17-15-28-29-8-5-16-34-32(29)36(30(28)21-35)20-23-9-12-26(13-10-23)40-25-6-3-2-4-7-25/h2-14,16,18H,15,17,19-21H2,1H3,(H,38,39). The van der Waals surface area contributed by atoms with Crippen molar-refractivity contribution in [2.75, 3.05) is 6.54 Å². The summed E-state index contributed by atoms with van der Waals surface area (Å²) >= 11 is 0. The van der Waals surface area contributed by atoms with Gasteiger partial charge < -0.3 is 19.3 Å². The van der Waals surface area contributed by atoms with E-state index in [1.165, 1.54) is 5.56 Å². The van der Waals surface area contributed by atoms with Gasteiger partial charge >= 0.3 is 5.97 Å². The zero-order valence-corrected chi connectivity index (χ0v) is 22.2. The molecule has 2 aromatic heterocycles. The van der Waals surface area contributed by atoms with Crippen LogP contribution in [0.25, 0.3) is 11.0 Å². The minimum atomic E-state index is -0.960. The summed E-state index contributed by atoms with van der Waals surface area (Å²) in [6.45, 7) is 3.53. The molecule has 0 atom stereocenters. The fourth-order valence-corrected chi connectivity index (χ4v) is 5.48. The Balaban J connectivity index is 1.23. The lowest BCUT2D eigenvalue weighted by atomic mass is 10.0. The van der Waals surface area contributed by atoms with Crippen molar-refractivity contribution in [3.05, 3.63) is 125 Å². The third-order valence-corrected chi connectivity index (χ3v) is 7.49. The molecule has 40 heavy (non-hydrogen) atoms. The van der Waals surface area contributed by atoms with Crippen molar-refractivity contribution < 1.29 is 19.4 Å². The zero-order valence-electron chi connectivity index (χ0n) is 22.2. The van der Waals surface area contributed by atoms with Crippen LogP contribution in [0.2, 0.25) is 0 Å². The maximum atomic E-state index is 13.4. The zero-order chi connectivity index (χ0) is 27.6. The molecule has 0 spiro atoms. The minimum Gasteiger partial charge on any atom is -0.478 e. The molecule has 6 rings (SSSR count). The summed E-state index contributed by atoms with van der Waals surface area (Å²) in [5, 5.41) is 10.4. The first-order valence-corrected chi connectivity index (χ1v) is 13.3. The molecule has 7 nitrogen and oxygen atoms in total. The molecule has 0 bridgehead atoms. The molecule has 0 fully saturated rings. The van der Waals surface area contributed by atoms with E-state index in [1.807, 2.05) is 59.6 Å². The van der Waals surface area contributed by atoms with Crippen molar-refractivity contribution in [2.24, 2.45) is 0 Å². The van der Waals surface area contributed by atoms with Crippen LogP contribution in [-0.2, 0) is 30.7 Å². The lowest BCUT2D eigenvalue weighted by Crippen LogP contribution is -2.37. The molecule has 0 saturated carbocycles. The van der Waals surface area contributed by atoms with Gasteiger partial charge in [0.05, 0.1) is 18.5 Å². The monoisotopic (exact) mass is 531 g/mol. The number of nitrogens with zero attached hydrogens (tertiary/aromatic N) is 3. The second-order valence-corrected chi connectivity index (χ2v) is 10.1. The predicted octanol–water partition coefficient (Wildman–Crippen LogP) is 6.01. The number of ether oxygens (including phenoxy) is 1. The van der Waals surface area contributed by atoms with Crippen LogP contribution in [0.15, 0.2) is 91.1 Å². The molecule has 5 aromatic rings. The Labute approximate surface area is 232 Å². The Bertz CT molecular complexity index is 1710. The average molecular weight is 532 g/mol. The van der Waals surface area contributed by atoms with E-state index in [4.69, 9.17) is 9.72 Å². The molecule has 1 N–H and O–H groups in total. The van der Waals surface area contributed by atoms with Crippen LogP contribution in [0, 0.1) is 6.92 Å². The van der Waals surface area contributed by atoms with E-state index in [2.05, 4.69) is 22.8 Å². The molecule has 3 heterocycles. The molecular weight excluding hydrogens is 502 g/mol. The highest BCUT2D eigenvalue weighted by atomic mass is 16.5. The van der Waals surface area contributed by atoms with Crippen LogP contribution in [0.5, 0.6) is 11.5 Å². The second kappa shape index (κ2) is 10.7. The fourth-order valence-electron chi connectivity index (χ4n) is 5.48. The lowest BCUT2D eigenvalue weighted by Gasteiger charge is -2.29. The van der Waals surface area contributed by atoms with Gasteiger partial charge in [-0.3, -0.25) is 4.79 Å². The summed E-state index contributed by atoms with van der Waals surface area (Å²) in [7, 11) is 0. The third-order valence-electron chi connectivity index (χ3n) is 7.49. The van der Waals surface area contributed by atoms with Crippen molar-refractivity contribution in [3.8, 4) is 11.5 Å². The number of aryl methyl sites for hydroxylation is 1. The average Bonchev–Trinajstić information content (AvgIpc) is 3.27. The van der Waals surface area contributed by atoms with Gasteiger partial charge in [0.2, 0.25) is 5.91 Å². The molecule has 1 amide bonds. The summed E-state index contributed by atoms with van der Waals surface area (Å²) in [6.07, 6.45) is 2.81. The summed E-state index contributed by atoms with van der Waals surface area (Å²) in [4.78, 5) is 31.3. The smallest absolute Gasteiger partial charge is 0.335 e. The van der Waals surface area contributed by atoms with E-state index in [9.17, 15) is 14.7 Å². The van der Waals surface area contributed by atoms with Gasteiger partial charge in [0.25, 0.3) is 0 Å². The minimum absolute atomic E-state index is 0.0281. The molecule has 0 unspecified atom stereocenters. The summed E-state index contributed by atoms with van der Waals surface area (Å²) in [6, 6.07) is 27.0. The first-order valence-electron chi connectivity index (χ1n) is 13.3. The van der Waals surface area contributed by atoms with Gasteiger partial charge in [0, 0.05) is 30.4 Å². The number of hydrogen-bond acceptors (Lipinski definition) is 4. The molecular formula is C33H29N3O4. The number of rotatable bonds is 7. The SMILES string of the molecule is Cc1cc(CC(=O)N2CCc3c(n(Cc4ccc(Oc5ccccc5)cc4)c4ncccc34)C2)ccc1C(=O)O. The van der Waals surface area contributed by atoms with E-state index in [0.717, 1.165) is 45.8 Å². The number of benzene rings is 3. The number of hydrogen-bond donors (Lipinski definition) is 1. The molecule has 0 radical (unpaired) electrons. The topological polar surface area (TPSA) is 84.7 Å². The van der Waals surface area contributed by atoms with E-state index in [-0.39, 0.29) is 17.9 Å². The quantitative estimate of drug-likeness (QED) is 0.278. The number of pyridine rings is 1. The molecule has 0 saturated heterocycles. The van der Waals surface area contributed by atoms with E-state index in [0.29, 0.717) is 25.2 Å². The number of amides is 1. The molecule has 3 aromatic carbocycles. The first-order chi connectivity index (χ1) is 19.5. The Kier molecular flexibility index (Phi) is 6.78. The molecule has 1 aliphatic rings. The Morgan fingerprint density at radius 2 is 1.68 bits per heavy atom. The molecule has 7 heteroatoms.